The number of hydrogen-bond acceptors (Lipinski definition) is 38. The number of rotatable bonds is 46. The van der Waals surface area contributed by atoms with Crippen LogP contribution in [0, 0.1) is 6.92 Å². The van der Waals surface area contributed by atoms with Gasteiger partial charge in [-0.1, -0.05) is 127 Å². The number of benzene rings is 7. The number of ether oxygens (including phenoxy) is 1. The van der Waals surface area contributed by atoms with Crippen molar-refractivity contribution >= 4 is 174 Å². The van der Waals surface area contributed by atoms with E-state index in [4.69, 9.17) is 46.7 Å². The van der Waals surface area contributed by atoms with Gasteiger partial charge in [-0.15, -0.1) is 0 Å². The van der Waals surface area contributed by atoms with E-state index in [1.807, 2.05) is 10.3 Å². The summed E-state index contributed by atoms with van der Waals surface area (Å²) in [6, 6.07) is 50.9. The number of amides is 11. The van der Waals surface area contributed by atoms with Crippen LogP contribution in [0.2, 0.25) is 0 Å². The molecule has 13 rings (SSSR count). The number of H-pyrrole nitrogens is 1. The zero-order chi connectivity index (χ0) is 107. The first kappa shape index (κ1) is 110. The number of carbonyl (C=O) groups excluding carboxylic acids is 11. The zero-order valence-corrected chi connectivity index (χ0v) is 80.8. The van der Waals surface area contributed by atoms with Crippen LogP contribution < -0.4 is 75.5 Å². The first-order valence-electron chi connectivity index (χ1n) is 42.9. The van der Waals surface area contributed by atoms with Gasteiger partial charge < -0.3 is 82.2 Å². The molecule has 0 spiro atoms. The Kier molecular flexibility index (Phi) is 36.9. The van der Waals surface area contributed by atoms with Gasteiger partial charge in [-0.25, -0.2) is 47.6 Å². The van der Waals surface area contributed by atoms with Crippen LogP contribution in [0.25, 0.3) is 0 Å². The summed E-state index contributed by atoms with van der Waals surface area (Å²) >= 11 is 0. The number of hydrogen-bond donors (Lipinski definition) is 20. The minimum absolute atomic E-state index is 0.00523. The summed E-state index contributed by atoms with van der Waals surface area (Å²) in [4.78, 5) is 280. The number of carbonyl (C=O) groups is 11. The van der Waals surface area contributed by atoms with Gasteiger partial charge >= 0.3 is 44.8 Å². The molecular weight excluding hydrogens is 2070 g/mol. The molecule has 0 bridgehead atoms. The molecule has 149 heavy (non-hydrogen) atoms. The maximum Gasteiger partial charge on any atom is 0.473 e. The van der Waals surface area contributed by atoms with Crippen LogP contribution >= 0.6 is 39.1 Å². The second-order valence-corrected chi connectivity index (χ2v) is 37.6. The van der Waals surface area contributed by atoms with Gasteiger partial charge in [-0.2, -0.15) is 19.9 Å². The van der Waals surface area contributed by atoms with Crippen LogP contribution in [0.15, 0.2) is 253 Å². The third kappa shape index (κ3) is 32.5. The van der Waals surface area contributed by atoms with Gasteiger partial charge in [-0.05, 0) is 91.9 Å². The Morgan fingerprint density at radius 2 is 0.631 bits per heavy atom. The summed E-state index contributed by atoms with van der Waals surface area (Å²) in [7, 11) is -31.1. The first-order valence-corrected chi connectivity index (χ1v) is 50.4. The fourth-order valence-corrected chi connectivity index (χ4v) is 16.5. The molecule has 1 fully saturated rings. The Morgan fingerprint density at radius 1 is 0.376 bits per heavy atom. The summed E-state index contributed by atoms with van der Waals surface area (Å²) in [5, 5.41) is 36.1. The van der Waals surface area contributed by atoms with Gasteiger partial charge in [0, 0.05) is 57.1 Å². The lowest BCUT2D eigenvalue weighted by molar-refractivity contribution is -0.128. The maximum atomic E-state index is 15.1. The molecule has 776 valence electrons. The highest BCUT2D eigenvalue weighted by molar-refractivity contribution is 7.48. The topological polar surface area (TPSA) is 823 Å². The van der Waals surface area contributed by atoms with Gasteiger partial charge in [0.25, 0.3) is 70.5 Å². The van der Waals surface area contributed by atoms with E-state index in [-0.39, 0.29) is 44.5 Å². The summed E-state index contributed by atoms with van der Waals surface area (Å²) in [6.45, 7) is -7.47. The van der Waals surface area contributed by atoms with Crippen molar-refractivity contribution in [3.8, 4) is 0 Å². The average Bonchev–Trinajstić information content (AvgIpc) is 1.42. The van der Waals surface area contributed by atoms with Crippen molar-refractivity contribution in [3.05, 3.63) is 309 Å². The van der Waals surface area contributed by atoms with Crippen molar-refractivity contribution in [1.29, 1.82) is 0 Å². The number of phosphoric acid groups is 5. The molecule has 57 nitrogen and oxygen atoms in total. The van der Waals surface area contributed by atoms with E-state index < -0.39 is 267 Å². The molecule has 5 aromatic heterocycles. The Labute approximate surface area is 837 Å². The van der Waals surface area contributed by atoms with Crippen molar-refractivity contribution in [2.24, 2.45) is 0 Å². The number of nitrogen functional groups attached to an aromatic ring is 1. The quantitative estimate of drug-likeness (QED) is 0.0177. The number of aromatic amines is 1. The summed E-state index contributed by atoms with van der Waals surface area (Å²) in [5.41, 5.74) is 1.73. The number of nitrogens with two attached hydrogens (primary N) is 1. The summed E-state index contributed by atoms with van der Waals surface area (Å²) in [5.74, 6) is -18.4. The van der Waals surface area contributed by atoms with E-state index in [1.165, 1.54) is 183 Å². The Morgan fingerprint density at radius 3 is 0.913 bits per heavy atom. The van der Waals surface area contributed by atoms with E-state index >= 15 is 4.79 Å². The number of aromatic nitrogens is 10. The van der Waals surface area contributed by atoms with Crippen molar-refractivity contribution in [1.82, 2.24) is 49.4 Å². The van der Waals surface area contributed by atoms with E-state index in [9.17, 15) is 115 Å². The van der Waals surface area contributed by atoms with Crippen molar-refractivity contribution in [2.45, 2.75) is 56.2 Å². The van der Waals surface area contributed by atoms with Crippen LogP contribution in [-0.2, 0) is 87.5 Å². The Balaban J connectivity index is 0.820. The number of anilines is 12. The van der Waals surface area contributed by atoms with Crippen molar-refractivity contribution < 1.29 is 155 Å². The van der Waals surface area contributed by atoms with Crippen LogP contribution in [0.4, 0.5) is 69.8 Å². The van der Waals surface area contributed by atoms with E-state index in [0.717, 1.165) is 23.2 Å². The average molecular weight is 2150 g/mol. The van der Waals surface area contributed by atoms with Gasteiger partial charge in [0.1, 0.15) is 35.1 Å². The number of nitrogens with one attached hydrogen (secondary N) is 12. The minimum atomic E-state index is -6.54. The molecule has 0 aliphatic carbocycles. The standard InChI is InChI=1S/C87H83N22O35P5/c1-48-42-109(87(123)108-71(48)111)66-37-60(110)61(140-66)43-136-146(127,128)143-64(81(121)95-58-40-91-85(106-77(117)54-33-19-7-20-34-54)102-69(58)99-73(113)50-25-11-3-12-26-50)46-139-148(131,132)142-63(79(119)93-56-38-89-83(97-67(56)88)104-75(115)52-29-15-5-16-30-52)45-137-149(133,134)144-65(82(122)96-59-41-92-86(107-78(118)55-35-21-8-22-36-55)103-70(59)100-74(114)51-27-13-4-14-28-51)47-138-147(129,130)141-62(44-135-145(124,125)126)80(120)94-57-39-90-84(105-76(116)53-31-17-6-18-32-53)101-68(57)98-72(112)49-23-9-2-10-24-49/h2-36,38-42,60-66,110H,37,43-47H2,1H3,(H,93,119)(H,94,120)(H,95,121)(H,96,122)(H,127,128)(H,129,130)(H,131,132)(H,133,134)(H,108,111,123)(H2,124,125,126)(H3,88,89,97,104,115)(H2,90,98,101,105,112,116)(H2,91,99,102,106,113,117)(H2,92,100,103,107,114,118)/t60-,61+,62+,63+,64+,65+,66+/m0/s1. The fourth-order valence-electron chi connectivity index (χ4n) is 12.7. The van der Waals surface area contributed by atoms with E-state index in [2.05, 4.69) is 97.6 Å². The molecule has 11 atom stereocenters. The van der Waals surface area contributed by atoms with E-state index in [1.54, 1.807) is 36.4 Å². The molecule has 1 aliphatic heterocycles. The van der Waals surface area contributed by atoms with Crippen molar-refractivity contribution in [3.63, 3.8) is 0 Å². The molecule has 0 radical (unpaired) electrons. The molecule has 11 amide bonds. The van der Waals surface area contributed by atoms with Crippen LogP contribution in [-0.4, -0.2) is 219 Å². The summed E-state index contributed by atoms with van der Waals surface area (Å²) < 4.78 is 123. The molecule has 0 saturated carbocycles. The van der Waals surface area contributed by atoms with Crippen molar-refractivity contribution in [2.75, 3.05) is 97.3 Å². The number of aliphatic hydroxyl groups excluding tert-OH is 1. The number of phosphoric ester groups is 5. The van der Waals surface area contributed by atoms with Crippen LogP contribution in [0.1, 0.15) is 90.7 Å². The predicted molar refractivity (Wildman–Crippen MR) is 519 cm³/mol. The maximum absolute atomic E-state index is 15.1. The largest absolute Gasteiger partial charge is 0.473 e. The minimum Gasteiger partial charge on any atom is -0.390 e. The third-order valence-corrected chi connectivity index (χ3v) is 24.4. The highest BCUT2D eigenvalue weighted by atomic mass is 31.2. The molecule has 1 aliphatic rings. The summed E-state index contributed by atoms with van der Waals surface area (Å²) in [6.07, 6.45) is -13.0. The molecule has 1 saturated heterocycles. The fraction of sp³-hybridized carbons (Fsp3) is 0.161. The smallest absolute Gasteiger partial charge is 0.390 e. The normalized spacial score (nSPS) is 15.7. The molecular formula is C87H83N22O35P5. The lowest BCUT2D eigenvalue weighted by Crippen LogP contribution is -2.37. The molecule has 62 heteroatoms. The second-order valence-electron chi connectivity index (χ2n) is 30.7. The Hall–Kier alpha value is -16.0. The number of aliphatic hydroxyl groups is 1. The molecule has 7 aromatic carbocycles. The lowest BCUT2D eigenvalue weighted by atomic mass is 10.2. The van der Waals surface area contributed by atoms with Gasteiger partial charge in [0.05, 0.1) is 63.9 Å². The van der Waals surface area contributed by atoms with Crippen LogP contribution in [0.5, 0.6) is 0 Å². The highest BCUT2D eigenvalue weighted by Gasteiger charge is 2.45. The van der Waals surface area contributed by atoms with Gasteiger partial charge in [-0.3, -0.25) is 129 Å². The molecule has 6 heterocycles. The van der Waals surface area contributed by atoms with Gasteiger partial charge in [0.15, 0.2) is 47.7 Å². The Bertz CT molecular complexity index is 7360. The SMILES string of the molecule is Cc1cn([C@H]2C[C@H](O)[C@@H](COP(=O)(O)O[C@H](COP(=O)(O)O[C@H](COP(=O)(O)O[C@H](COP(=O)(O)O[C@H](COP(=O)(O)O)C(=O)Nc3cnc(NC(=O)c4ccccc4)nc3NC(=O)c3ccccc3)C(=O)Nc3cnc(NC(=O)c4ccccc4)nc3NC(=O)c3ccccc3)C(=O)Nc3cnc(NC(=O)c4ccccc4)nc3N)C(=O)Nc3cnc(NC(=O)c4ccccc4)nc3NC(=O)c3ccccc3)O2)c(=O)[nH]c1=O. The highest BCUT2D eigenvalue weighted by Crippen LogP contribution is 2.52. The predicted octanol–water partition coefficient (Wildman–Crippen LogP) is 6.67. The number of aryl methyl sites for hydroxylation is 1. The lowest BCUT2D eigenvalue weighted by Gasteiger charge is -2.25. The molecule has 12 aromatic rings. The first-order chi connectivity index (χ1) is 70.9. The zero-order valence-electron chi connectivity index (χ0n) is 76.3. The monoisotopic (exact) mass is 2150 g/mol. The third-order valence-electron chi connectivity index (χ3n) is 19.9. The molecule has 4 unspecified atom stereocenters. The van der Waals surface area contributed by atoms with Crippen LogP contribution in [0.3, 0.4) is 0 Å². The van der Waals surface area contributed by atoms with Gasteiger partial charge in [0.2, 0.25) is 23.8 Å². The number of nitrogens with zero attached hydrogens (tertiary/aromatic N) is 9. The van der Waals surface area contributed by atoms with E-state index in [0.29, 0.717) is 12.4 Å². The molecule has 21 N–H and O–H groups in total. The second kappa shape index (κ2) is 49.9.